The number of alkyl carbamates (subject to hydrolysis) is 1. The quantitative estimate of drug-likeness (QED) is 0.347. The smallest absolute Gasteiger partial charge is 0.408 e. The maximum atomic E-state index is 13.5. The molecule has 0 aromatic heterocycles. The molecular weight excluding hydrogens is 422 g/mol. The first-order chi connectivity index (χ1) is 15.5. The average Bonchev–Trinajstić information content (AvgIpc) is 2.72. The zero-order valence-corrected chi connectivity index (χ0v) is 20.7. The minimum atomic E-state index is -1.28. The van der Waals surface area contributed by atoms with Crippen LogP contribution in [0.2, 0.25) is 0 Å². The van der Waals surface area contributed by atoms with Crippen molar-refractivity contribution in [3.05, 3.63) is 47.5 Å². The molecule has 0 saturated heterocycles. The Hall–Kier alpha value is -2.87. The Kier molecular flexibility index (Phi) is 11.1. The first kappa shape index (κ1) is 28.2. The molecule has 184 valence electrons. The molecule has 0 aliphatic heterocycles. The molecule has 33 heavy (non-hydrogen) atoms. The highest BCUT2D eigenvalue weighted by atomic mass is 16.6. The van der Waals surface area contributed by atoms with Crippen molar-refractivity contribution in [2.24, 2.45) is 0 Å². The van der Waals surface area contributed by atoms with Crippen molar-refractivity contribution in [1.82, 2.24) is 15.5 Å². The van der Waals surface area contributed by atoms with E-state index in [1.54, 1.807) is 20.8 Å². The number of nitrogens with one attached hydrogen (secondary N) is 2. The monoisotopic (exact) mass is 461 g/mol. The second-order valence-electron chi connectivity index (χ2n) is 9.01. The molecule has 3 N–H and O–H groups in total. The van der Waals surface area contributed by atoms with E-state index in [4.69, 9.17) is 4.74 Å². The van der Waals surface area contributed by atoms with Crippen LogP contribution in [0.5, 0.6) is 0 Å². The molecule has 0 bridgehead atoms. The number of hydrogen-bond donors (Lipinski definition) is 3. The Balaban J connectivity index is 3.39. The second kappa shape index (κ2) is 13.0. The summed E-state index contributed by atoms with van der Waals surface area (Å²) in [5.74, 6) is -0.938. The lowest BCUT2D eigenvalue weighted by Crippen LogP contribution is -2.54. The molecule has 3 amide bonds. The van der Waals surface area contributed by atoms with Crippen molar-refractivity contribution in [1.29, 1.82) is 0 Å². The number of aliphatic hydroxyl groups is 1. The van der Waals surface area contributed by atoms with E-state index in [1.165, 1.54) is 11.0 Å². The Morgan fingerprint density at radius 3 is 2.30 bits per heavy atom. The van der Waals surface area contributed by atoms with Gasteiger partial charge in [-0.05, 0) is 57.7 Å². The van der Waals surface area contributed by atoms with E-state index in [0.717, 1.165) is 24.0 Å². The van der Waals surface area contributed by atoms with Crippen LogP contribution in [-0.4, -0.2) is 59.3 Å². The van der Waals surface area contributed by atoms with Crippen LogP contribution in [0.3, 0.4) is 0 Å². The SMILES string of the molecule is C=CCN(C(=O)C(CO)NC(=O)OC(C)(C)C)C(C(=O)NCCCC)c1c(C)cccc1C. The number of amides is 3. The summed E-state index contributed by atoms with van der Waals surface area (Å²) in [4.78, 5) is 40.4. The third kappa shape index (κ3) is 8.53. The maximum Gasteiger partial charge on any atom is 0.408 e. The molecule has 0 aliphatic carbocycles. The van der Waals surface area contributed by atoms with Gasteiger partial charge in [0.05, 0.1) is 6.61 Å². The molecule has 0 fully saturated rings. The molecule has 2 atom stereocenters. The first-order valence-electron chi connectivity index (χ1n) is 11.3. The van der Waals surface area contributed by atoms with Crippen molar-refractivity contribution >= 4 is 17.9 Å². The summed E-state index contributed by atoms with van der Waals surface area (Å²) in [6.07, 6.45) is 2.40. The number of aliphatic hydroxyl groups excluding tert-OH is 1. The van der Waals surface area contributed by atoms with Crippen LogP contribution in [-0.2, 0) is 14.3 Å². The number of aryl methyl sites for hydroxylation is 2. The molecule has 1 aromatic carbocycles. The third-order valence-corrected chi connectivity index (χ3v) is 4.99. The molecule has 0 spiro atoms. The van der Waals surface area contributed by atoms with E-state index in [9.17, 15) is 19.5 Å². The number of carbonyl (C=O) groups excluding carboxylic acids is 3. The minimum Gasteiger partial charge on any atom is -0.444 e. The molecule has 0 aliphatic rings. The van der Waals surface area contributed by atoms with Crippen molar-refractivity contribution in [3.63, 3.8) is 0 Å². The fraction of sp³-hybridized carbons (Fsp3) is 0.560. The first-order valence-corrected chi connectivity index (χ1v) is 11.3. The van der Waals surface area contributed by atoms with Gasteiger partial charge in [0.15, 0.2) is 0 Å². The van der Waals surface area contributed by atoms with Crippen molar-refractivity contribution in [2.75, 3.05) is 19.7 Å². The number of hydrogen-bond acceptors (Lipinski definition) is 5. The zero-order valence-electron chi connectivity index (χ0n) is 20.7. The van der Waals surface area contributed by atoms with E-state index in [1.807, 2.05) is 39.0 Å². The number of nitrogens with zero attached hydrogens (tertiary/aromatic N) is 1. The van der Waals surface area contributed by atoms with Gasteiger partial charge in [-0.25, -0.2) is 4.79 Å². The number of benzene rings is 1. The number of unbranched alkanes of at least 4 members (excludes halogenated alkanes) is 1. The normalized spacial score (nSPS) is 12.9. The van der Waals surface area contributed by atoms with Gasteiger partial charge in [-0.3, -0.25) is 9.59 Å². The largest absolute Gasteiger partial charge is 0.444 e. The summed E-state index contributed by atoms with van der Waals surface area (Å²) in [7, 11) is 0. The van der Waals surface area contributed by atoms with Crippen molar-refractivity contribution in [3.8, 4) is 0 Å². The lowest BCUT2D eigenvalue weighted by atomic mass is 9.93. The van der Waals surface area contributed by atoms with Crippen LogP contribution in [0, 0.1) is 13.8 Å². The standard InChI is InChI=1S/C25H39N3O5/c1-8-10-14-26-22(30)21(20-17(3)12-11-13-18(20)4)28(15-9-2)23(31)19(16-29)27-24(32)33-25(5,6)7/h9,11-13,19,21,29H,2,8,10,14-16H2,1,3-7H3,(H,26,30)(H,27,32). The number of rotatable bonds is 11. The lowest BCUT2D eigenvalue weighted by molar-refractivity contribution is -0.142. The second-order valence-corrected chi connectivity index (χ2v) is 9.01. The van der Waals surface area contributed by atoms with E-state index in [0.29, 0.717) is 12.1 Å². The van der Waals surface area contributed by atoms with Gasteiger partial charge in [-0.2, -0.15) is 0 Å². The Bertz CT molecular complexity index is 812. The Morgan fingerprint density at radius 2 is 1.82 bits per heavy atom. The van der Waals surface area contributed by atoms with Gasteiger partial charge in [0.25, 0.3) is 0 Å². The highest BCUT2D eigenvalue weighted by Crippen LogP contribution is 2.28. The van der Waals surface area contributed by atoms with E-state index < -0.39 is 36.3 Å². The number of ether oxygens (including phenoxy) is 1. The van der Waals surface area contributed by atoms with Gasteiger partial charge in [-0.1, -0.05) is 37.6 Å². The fourth-order valence-electron chi connectivity index (χ4n) is 3.47. The minimum absolute atomic E-state index is 0.0466. The van der Waals surface area contributed by atoms with Gasteiger partial charge < -0.3 is 25.4 Å². The van der Waals surface area contributed by atoms with Crippen LogP contribution >= 0.6 is 0 Å². The topological polar surface area (TPSA) is 108 Å². The summed E-state index contributed by atoms with van der Waals surface area (Å²) in [5, 5.41) is 15.2. The average molecular weight is 462 g/mol. The maximum absolute atomic E-state index is 13.5. The predicted octanol–water partition coefficient (Wildman–Crippen LogP) is 3.16. The van der Waals surface area contributed by atoms with Gasteiger partial charge in [0, 0.05) is 13.1 Å². The summed E-state index contributed by atoms with van der Waals surface area (Å²) in [6.45, 7) is 14.5. The summed E-state index contributed by atoms with van der Waals surface area (Å²) in [6, 6.07) is 3.42. The van der Waals surface area contributed by atoms with Crippen molar-refractivity contribution in [2.45, 2.75) is 72.1 Å². The van der Waals surface area contributed by atoms with Crippen LogP contribution < -0.4 is 10.6 Å². The van der Waals surface area contributed by atoms with Gasteiger partial charge in [0.1, 0.15) is 17.7 Å². The van der Waals surface area contributed by atoms with E-state index in [-0.39, 0.29) is 12.5 Å². The van der Waals surface area contributed by atoms with Crippen LogP contribution in [0.4, 0.5) is 4.79 Å². The molecule has 0 saturated carbocycles. The van der Waals surface area contributed by atoms with E-state index in [2.05, 4.69) is 17.2 Å². The van der Waals surface area contributed by atoms with Gasteiger partial charge in [0.2, 0.25) is 11.8 Å². The van der Waals surface area contributed by atoms with Crippen LogP contribution in [0.1, 0.15) is 63.3 Å². The predicted molar refractivity (Wildman–Crippen MR) is 129 cm³/mol. The molecule has 8 heteroatoms. The van der Waals surface area contributed by atoms with Gasteiger partial charge in [-0.15, -0.1) is 6.58 Å². The number of carbonyl (C=O) groups is 3. The molecule has 8 nitrogen and oxygen atoms in total. The van der Waals surface area contributed by atoms with Crippen LogP contribution in [0.15, 0.2) is 30.9 Å². The molecule has 2 unspecified atom stereocenters. The molecule has 1 rings (SSSR count). The Morgan fingerprint density at radius 1 is 1.21 bits per heavy atom. The third-order valence-electron chi connectivity index (χ3n) is 4.99. The molecule has 0 radical (unpaired) electrons. The fourth-order valence-corrected chi connectivity index (χ4v) is 3.47. The molecule has 0 heterocycles. The zero-order chi connectivity index (χ0) is 25.2. The molecular formula is C25H39N3O5. The lowest BCUT2D eigenvalue weighted by Gasteiger charge is -2.34. The highest BCUT2D eigenvalue weighted by Gasteiger charge is 2.36. The summed E-state index contributed by atoms with van der Waals surface area (Å²) >= 11 is 0. The Labute approximate surface area is 197 Å². The summed E-state index contributed by atoms with van der Waals surface area (Å²) in [5.41, 5.74) is 1.64. The van der Waals surface area contributed by atoms with Crippen molar-refractivity contribution < 1.29 is 24.2 Å². The van der Waals surface area contributed by atoms with Crippen LogP contribution in [0.25, 0.3) is 0 Å². The van der Waals surface area contributed by atoms with Gasteiger partial charge >= 0.3 is 6.09 Å². The highest BCUT2D eigenvalue weighted by molar-refractivity contribution is 5.92. The summed E-state index contributed by atoms with van der Waals surface area (Å²) < 4.78 is 5.22. The molecule has 1 aromatic rings. The van der Waals surface area contributed by atoms with E-state index >= 15 is 0 Å².